The third kappa shape index (κ3) is 2.03. The van der Waals surface area contributed by atoms with Crippen molar-refractivity contribution in [3.8, 4) is 5.75 Å². The van der Waals surface area contributed by atoms with Crippen LogP contribution >= 0.6 is 0 Å². The summed E-state index contributed by atoms with van der Waals surface area (Å²) in [5, 5.41) is 5.02. The Morgan fingerprint density at radius 3 is 2.80 bits per heavy atom. The second kappa shape index (κ2) is 3.36. The molecular weight excluding hydrogens is 214 g/mol. The van der Waals surface area contributed by atoms with Gasteiger partial charge >= 0.3 is 0 Å². The predicted molar refractivity (Wildman–Crippen MR) is 56.9 cm³/mol. The average Bonchev–Trinajstić information content (AvgIpc) is 2.15. The van der Waals surface area contributed by atoms with E-state index in [0.717, 1.165) is 5.56 Å². The molecule has 0 amide bonds. The summed E-state index contributed by atoms with van der Waals surface area (Å²) in [5.74, 6) is 0.678. The highest BCUT2D eigenvalue weighted by molar-refractivity contribution is 7.89. The third-order valence-electron chi connectivity index (χ3n) is 2.17. The van der Waals surface area contributed by atoms with E-state index in [-0.39, 0.29) is 11.0 Å². The van der Waals surface area contributed by atoms with Crippen molar-refractivity contribution in [1.82, 2.24) is 0 Å². The Kier molecular flexibility index (Phi) is 2.28. The fraction of sp³-hybridized carbons (Fsp3) is 0.200. The zero-order valence-electron chi connectivity index (χ0n) is 8.17. The van der Waals surface area contributed by atoms with Gasteiger partial charge in [0.25, 0.3) is 0 Å². The molecule has 2 N–H and O–H groups in total. The third-order valence-corrected chi connectivity index (χ3v) is 3.08. The molecule has 1 unspecified atom stereocenters. The molecule has 5 heteroatoms. The molecule has 0 saturated carbocycles. The monoisotopic (exact) mass is 225 g/mol. The number of hydrogen-bond acceptors (Lipinski definition) is 3. The summed E-state index contributed by atoms with van der Waals surface area (Å²) in [7, 11) is -3.64. The molecule has 1 aromatic carbocycles. The molecule has 0 fully saturated rings. The first kappa shape index (κ1) is 10.2. The van der Waals surface area contributed by atoms with Gasteiger partial charge in [-0.05, 0) is 31.2 Å². The van der Waals surface area contributed by atoms with Gasteiger partial charge in [-0.15, -0.1) is 0 Å². The van der Waals surface area contributed by atoms with Gasteiger partial charge in [-0.25, -0.2) is 13.6 Å². The molecule has 1 aromatic rings. The second-order valence-corrected chi connectivity index (χ2v) is 4.99. The van der Waals surface area contributed by atoms with Crippen LogP contribution < -0.4 is 9.88 Å². The first-order valence-electron chi connectivity index (χ1n) is 4.48. The van der Waals surface area contributed by atoms with Gasteiger partial charge in [0, 0.05) is 5.56 Å². The van der Waals surface area contributed by atoms with E-state index in [9.17, 15) is 8.42 Å². The smallest absolute Gasteiger partial charge is 0.238 e. The van der Waals surface area contributed by atoms with Crippen molar-refractivity contribution in [1.29, 1.82) is 0 Å². The van der Waals surface area contributed by atoms with E-state index >= 15 is 0 Å². The Hall–Kier alpha value is -1.33. The summed E-state index contributed by atoms with van der Waals surface area (Å²) in [4.78, 5) is 0.101. The minimum absolute atomic E-state index is 0.0119. The van der Waals surface area contributed by atoms with Crippen molar-refractivity contribution >= 4 is 16.1 Å². The Morgan fingerprint density at radius 1 is 1.40 bits per heavy atom. The van der Waals surface area contributed by atoms with Crippen molar-refractivity contribution in [2.45, 2.75) is 17.9 Å². The van der Waals surface area contributed by atoms with Gasteiger partial charge in [0.05, 0.1) is 4.90 Å². The van der Waals surface area contributed by atoms with Gasteiger partial charge in [0.1, 0.15) is 11.9 Å². The van der Waals surface area contributed by atoms with Gasteiger partial charge in [0.2, 0.25) is 10.0 Å². The Labute approximate surface area is 88.4 Å². The van der Waals surface area contributed by atoms with Crippen molar-refractivity contribution < 1.29 is 13.2 Å². The van der Waals surface area contributed by atoms with Gasteiger partial charge in [-0.3, -0.25) is 0 Å². The van der Waals surface area contributed by atoms with Crippen molar-refractivity contribution in [2.75, 3.05) is 0 Å². The van der Waals surface area contributed by atoms with E-state index in [0.29, 0.717) is 5.75 Å². The number of primary sulfonamides is 1. The number of rotatable bonds is 1. The molecule has 0 bridgehead atoms. The van der Waals surface area contributed by atoms with Crippen LogP contribution in [0, 0.1) is 0 Å². The topological polar surface area (TPSA) is 69.4 Å². The van der Waals surface area contributed by atoms with E-state index in [2.05, 4.69) is 0 Å². The average molecular weight is 225 g/mol. The zero-order chi connectivity index (χ0) is 11.1. The Balaban J connectivity index is 2.51. The lowest BCUT2D eigenvalue weighted by Gasteiger charge is -2.18. The second-order valence-electron chi connectivity index (χ2n) is 3.43. The Morgan fingerprint density at radius 2 is 2.13 bits per heavy atom. The molecule has 15 heavy (non-hydrogen) atoms. The van der Waals surface area contributed by atoms with Crippen molar-refractivity contribution in [3.63, 3.8) is 0 Å². The number of nitrogens with two attached hydrogens (primary N) is 1. The molecule has 0 radical (unpaired) electrons. The van der Waals surface area contributed by atoms with Crippen LogP contribution in [-0.2, 0) is 10.0 Å². The molecule has 1 atom stereocenters. The van der Waals surface area contributed by atoms with Crippen LogP contribution in [-0.4, -0.2) is 14.5 Å². The highest BCUT2D eigenvalue weighted by Gasteiger charge is 2.14. The lowest BCUT2D eigenvalue weighted by atomic mass is 10.1. The highest BCUT2D eigenvalue weighted by Crippen LogP contribution is 2.27. The van der Waals surface area contributed by atoms with E-state index < -0.39 is 10.0 Å². The molecule has 1 heterocycles. The SMILES string of the molecule is CC1C=Cc2cc(S(N)(=O)=O)ccc2O1. The van der Waals surface area contributed by atoms with Crippen molar-refractivity contribution in [3.05, 3.63) is 29.8 Å². The molecule has 1 aliphatic heterocycles. The molecule has 0 spiro atoms. The molecule has 80 valence electrons. The maximum absolute atomic E-state index is 11.1. The highest BCUT2D eigenvalue weighted by atomic mass is 32.2. The maximum Gasteiger partial charge on any atom is 0.238 e. The number of fused-ring (bicyclic) bond motifs is 1. The summed E-state index contributed by atoms with van der Waals surface area (Å²) >= 11 is 0. The van der Waals surface area contributed by atoms with E-state index in [4.69, 9.17) is 9.88 Å². The Bertz CT molecular complexity index is 519. The molecule has 4 nitrogen and oxygen atoms in total. The van der Waals surface area contributed by atoms with Gasteiger partial charge < -0.3 is 4.74 Å². The van der Waals surface area contributed by atoms with Crippen LogP contribution in [0.2, 0.25) is 0 Å². The number of ether oxygens (including phenoxy) is 1. The van der Waals surface area contributed by atoms with Crippen LogP contribution in [0.25, 0.3) is 6.08 Å². The summed E-state index contributed by atoms with van der Waals surface area (Å²) in [6, 6.07) is 4.57. The first-order chi connectivity index (χ1) is 6.97. The van der Waals surface area contributed by atoms with E-state index in [1.807, 2.05) is 19.1 Å². The number of hydrogen-bond donors (Lipinski definition) is 1. The van der Waals surface area contributed by atoms with Crippen molar-refractivity contribution in [2.24, 2.45) is 5.14 Å². The van der Waals surface area contributed by atoms with Gasteiger partial charge in [-0.2, -0.15) is 0 Å². The molecule has 1 aliphatic rings. The predicted octanol–water partition coefficient (Wildman–Crippen LogP) is 1.13. The number of benzene rings is 1. The minimum atomic E-state index is -3.64. The zero-order valence-corrected chi connectivity index (χ0v) is 8.99. The molecule has 0 aliphatic carbocycles. The van der Waals surface area contributed by atoms with E-state index in [1.165, 1.54) is 12.1 Å². The summed E-state index contributed by atoms with van der Waals surface area (Å²) in [5.41, 5.74) is 0.736. The van der Waals surface area contributed by atoms with Crippen LogP contribution in [0.4, 0.5) is 0 Å². The van der Waals surface area contributed by atoms with Crippen LogP contribution in [0.15, 0.2) is 29.2 Å². The molecular formula is C10H11NO3S. The quantitative estimate of drug-likeness (QED) is 0.778. The van der Waals surface area contributed by atoms with E-state index in [1.54, 1.807) is 6.07 Å². The molecule has 2 rings (SSSR count). The minimum Gasteiger partial charge on any atom is -0.486 e. The standard InChI is InChI=1S/C10H11NO3S/c1-7-2-3-8-6-9(15(11,12)13)4-5-10(8)14-7/h2-7H,1H3,(H2,11,12,13). The fourth-order valence-electron chi connectivity index (χ4n) is 1.42. The maximum atomic E-state index is 11.1. The largest absolute Gasteiger partial charge is 0.486 e. The summed E-state index contributed by atoms with van der Waals surface area (Å²) in [6.45, 7) is 1.91. The first-order valence-corrected chi connectivity index (χ1v) is 6.03. The lowest BCUT2D eigenvalue weighted by molar-refractivity contribution is 0.266. The van der Waals surface area contributed by atoms with Gasteiger partial charge in [0.15, 0.2) is 0 Å². The number of sulfonamides is 1. The molecule has 0 aromatic heterocycles. The molecule has 0 saturated heterocycles. The van der Waals surface area contributed by atoms with Crippen LogP contribution in [0.5, 0.6) is 5.75 Å². The van der Waals surface area contributed by atoms with Gasteiger partial charge in [-0.1, -0.05) is 6.08 Å². The normalized spacial score (nSPS) is 19.5. The van der Waals surface area contributed by atoms with Crippen LogP contribution in [0.1, 0.15) is 12.5 Å². The lowest BCUT2D eigenvalue weighted by Crippen LogP contribution is -2.15. The van der Waals surface area contributed by atoms with Crippen LogP contribution in [0.3, 0.4) is 0 Å². The summed E-state index contributed by atoms with van der Waals surface area (Å²) < 4.78 is 27.7. The summed E-state index contributed by atoms with van der Waals surface area (Å²) in [6.07, 6.45) is 3.70. The fourth-order valence-corrected chi connectivity index (χ4v) is 1.97.